The van der Waals surface area contributed by atoms with E-state index >= 15 is 0 Å². The zero-order valence-electron chi connectivity index (χ0n) is 15.6. The first kappa shape index (κ1) is 18.5. The number of para-hydroxylation sites is 1. The highest BCUT2D eigenvalue weighted by atomic mass is 19.1. The average Bonchev–Trinajstić information content (AvgIpc) is 3.32. The Morgan fingerprint density at radius 1 is 1.11 bits per heavy atom. The summed E-state index contributed by atoms with van der Waals surface area (Å²) in [5.41, 5.74) is 0.854. The van der Waals surface area contributed by atoms with E-state index in [1.54, 1.807) is 24.3 Å². The van der Waals surface area contributed by atoms with Crippen LogP contribution in [0.3, 0.4) is 0 Å². The number of hydrogen-bond acceptors (Lipinski definition) is 3. The first-order valence-corrected chi connectivity index (χ1v) is 9.72. The molecule has 0 unspecified atom stereocenters. The van der Waals surface area contributed by atoms with Crippen LogP contribution in [0.15, 0.2) is 48.5 Å². The molecule has 1 aliphatic carbocycles. The van der Waals surface area contributed by atoms with Crippen molar-refractivity contribution < 1.29 is 18.7 Å². The molecule has 2 aromatic rings. The molecule has 146 valence electrons. The molecule has 0 bridgehead atoms. The number of anilines is 2. The fourth-order valence-corrected chi connectivity index (χ4v) is 3.88. The highest BCUT2D eigenvalue weighted by Crippen LogP contribution is 2.29. The Morgan fingerprint density at radius 2 is 1.89 bits per heavy atom. The van der Waals surface area contributed by atoms with E-state index in [0.29, 0.717) is 5.69 Å². The lowest BCUT2D eigenvalue weighted by Crippen LogP contribution is -2.28. The maximum absolute atomic E-state index is 14.0. The summed E-state index contributed by atoms with van der Waals surface area (Å²) < 4.78 is 20.0. The SMILES string of the molecule is O=C(Nc1cccc(OC2CCCC2)c1)[C@@H]1CC(=O)N(c2ccccc2F)C1. The molecule has 0 radical (unpaired) electrons. The number of amides is 2. The number of nitrogens with zero attached hydrogens (tertiary/aromatic N) is 1. The summed E-state index contributed by atoms with van der Waals surface area (Å²) in [5, 5.41) is 2.86. The molecule has 28 heavy (non-hydrogen) atoms. The molecule has 1 aliphatic heterocycles. The van der Waals surface area contributed by atoms with Crippen LogP contribution in [0, 0.1) is 11.7 Å². The second-order valence-electron chi connectivity index (χ2n) is 7.40. The molecular formula is C22H23FN2O3. The van der Waals surface area contributed by atoms with Crippen molar-refractivity contribution in [1.82, 2.24) is 0 Å². The first-order valence-electron chi connectivity index (χ1n) is 9.72. The van der Waals surface area contributed by atoms with Gasteiger partial charge in [-0.15, -0.1) is 0 Å². The van der Waals surface area contributed by atoms with Gasteiger partial charge in [0.1, 0.15) is 11.6 Å². The summed E-state index contributed by atoms with van der Waals surface area (Å²) in [6.07, 6.45) is 4.82. The van der Waals surface area contributed by atoms with Gasteiger partial charge in [-0.2, -0.15) is 0 Å². The molecule has 1 N–H and O–H groups in total. The summed E-state index contributed by atoms with van der Waals surface area (Å²) in [4.78, 5) is 26.3. The minimum atomic E-state index is -0.522. The number of rotatable bonds is 5. The van der Waals surface area contributed by atoms with Gasteiger partial charge in [-0.3, -0.25) is 9.59 Å². The standard InChI is InChI=1S/C22H23FN2O3/c23-19-10-3-4-11-20(19)25-14-15(12-21(25)26)22(27)24-16-6-5-9-18(13-16)28-17-7-1-2-8-17/h3-6,9-11,13,15,17H,1-2,7-8,12,14H2,(H,24,27)/t15-/m1/s1. The van der Waals surface area contributed by atoms with Crippen molar-refractivity contribution in [3.05, 3.63) is 54.3 Å². The molecule has 2 amide bonds. The predicted molar refractivity (Wildman–Crippen MR) is 105 cm³/mol. The summed E-state index contributed by atoms with van der Waals surface area (Å²) in [6.45, 7) is 0.171. The van der Waals surface area contributed by atoms with Crippen LogP contribution in [0.4, 0.5) is 15.8 Å². The van der Waals surface area contributed by atoms with Crippen LogP contribution in [0.2, 0.25) is 0 Å². The maximum Gasteiger partial charge on any atom is 0.229 e. The van der Waals surface area contributed by atoms with Crippen LogP contribution in [0.5, 0.6) is 5.75 Å². The van der Waals surface area contributed by atoms with Gasteiger partial charge in [-0.1, -0.05) is 18.2 Å². The topological polar surface area (TPSA) is 58.6 Å². The summed E-state index contributed by atoms with van der Waals surface area (Å²) in [6, 6.07) is 13.4. The molecule has 1 heterocycles. The van der Waals surface area contributed by atoms with Crippen LogP contribution < -0.4 is 15.0 Å². The Labute approximate surface area is 163 Å². The van der Waals surface area contributed by atoms with Crippen molar-refractivity contribution in [2.45, 2.75) is 38.2 Å². The third kappa shape index (κ3) is 4.01. The number of hydrogen-bond donors (Lipinski definition) is 1. The van der Waals surface area contributed by atoms with Crippen LogP contribution in [0.25, 0.3) is 0 Å². The molecule has 1 atom stereocenters. The molecule has 1 saturated heterocycles. The van der Waals surface area contributed by atoms with Gasteiger partial charge in [0.05, 0.1) is 17.7 Å². The fourth-order valence-electron chi connectivity index (χ4n) is 3.88. The Balaban J connectivity index is 1.40. The monoisotopic (exact) mass is 382 g/mol. The summed E-state index contributed by atoms with van der Waals surface area (Å²) in [7, 11) is 0. The van der Waals surface area contributed by atoms with Gasteiger partial charge < -0.3 is 15.0 Å². The number of ether oxygens (including phenoxy) is 1. The number of nitrogens with one attached hydrogen (secondary N) is 1. The van der Waals surface area contributed by atoms with Crippen molar-refractivity contribution in [2.24, 2.45) is 5.92 Å². The van der Waals surface area contributed by atoms with E-state index in [-0.39, 0.29) is 36.6 Å². The quantitative estimate of drug-likeness (QED) is 0.846. The molecular weight excluding hydrogens is 359 g/mol. The summed E-state index contributed by atoms with van der Waals surface area (Å²) >= 11 is 0. The van der Waals surface area contributed by atoms with Crippen LogP contribution in [-0.2, 0) is 9.59 Å². The van der Waals surface area contributed by atoms with E-state index in [9.17, 15) is 14.0 Å². The second-order valence-corrected chi connectivity index (χ2v) is 7.40. The van der Waals surface area contributed by atoms with Crippen LogP contribution in [-0.4, -0.2) is 24.5 Å². The van der Waals surface area contributed by atoms with Crippen molar-refractivity contribution in [3.63, 3.8) is 0 Å². The van der Waals surface area contributed by atoms with Crippen molar-refractivity contribution >= 4 is 23.2 Å². The third-order valence-electron chi connectivity index (χ3n) is 5.35. The molecule has 2 aliphatic rings. The minimum Gasteiger partial charge on any atom is -0.490 e. The maximum atomic E-state index is 14.0. The van der Waals surface area contributed by atoms with Gasteiger partial charge in [0, 0.05) is 24.7 Å². The third-order valence-corrected chi connectivity index (χ3v) is 5.35. The smallest absolute Gasteiger partial charge is 0.229 e. The van der Waals surface area contributed by atoms with E-state index in [0.717, 1.165) is 18.6 Å². The Bertz CT molecular complexity index is 880. The lowest BCUT2D eigenvalue weighted by Gasteiger charge is -2.17. The van der Waals surface area contributed by atoms with Crippen molar-refractivity contribution in [3.8, 4) is 5.75 Å². The highest BCUT2D eigenvalue weighted by molar-refractivity contribution is 6.03. The molecule has 0 aromatic heterocycles. The molecule has 0 spiro atoms. The lowest BCUT2D eigenvalue weighted by molar-refractivity contribution is -0.122. The fraction of sp³-hybridized carbons (Fsp3) is 0.364. The van der Waals surface area contributed by atoms with Crippen LogP contribution >= 0.6 is 0 Å². The average molecular weight is 382 g/mol. The van der Waals surface area contributed by atoms with Crippen molar-refractivity contribution in [2.75, 3.05) is 16.8 Å². The van der Waals surface area contributed by atoms with E-state index in [4.69, 9.17) is 4.74 Å². The number of halogens is 1. The molecule has 1 saturated carbocycles. The molecule has 2 fully saturated rings. The van der Waals surface area contributed by atoms with Gasteiger partial charge in [0.15, 0.2) is 0 Å². The van der Waals surface area contributed by atoms with Gasteiger partial charge >= 0.3 is 0 Å². The minimum absolute atomic E-state index is 0.0679. The number of carbonyl (C=O) groups excluding carboxylic acids is 2. The van der Waals surface area contributed by atoms with Gasteiger partial charge in [0.2, 0.25) is 11.8 Å². The number of carbonyl (C=O) groups is 2. The molecule has 2 aromatic carbocycles. The van der Waals surface area contributed by atoms with E-state index in [2.05, 4.69) is 5.32 Å². The van der Waals surface area contributed by atoms with E-state index in [1.807, 2.05) is 18.2 Å². The summed E-state index contributed by atoms with van der Waals surface area (Å²) in [5.74, 6) is -0.742. The first-order chi connectivity index (χ1) is 13.6. The largest absolute Gasteiger partial charge is 0.490 e. The Morgan fingerprint density at radius 3 is 2.68 bits per heavy atom. The van der Waals surface area contributed by atoms with Gasteiger partial charge in [-0.25, -0.2) is 4.39 Å². The molecule has 4 rings (SSSR count). The van der Waals surface area contributed by atoms with Crippen LogP contribution in [0.1, 0.15) is 32.1 Å². The highest BCUT2D eigenvalue weighted by Gasteiger charge is 2.36. The van der Waals surface area contributed by atoms with Gasteiger partial charge in [-0.05, 0) is 49.9 Å². The van der Waals surface area contributed by atoms with Gasteiger partial charge in [0.25, 0.3) is 0 Å². The second kappa shape index (κ2) is 8.00. The van der Waals surface area contributed by atoms with E-state index < -0.39 is 11.7 Å². The lowest BCUT2D eigenvalue weighted by atomic mass is 10.1. The molecule has 6 heteroatoms. The van der Waals surface area contributed by atoms with Crippen molar-refractivity contribution in [1.29, 1.82) is 0 Å². The predicted octanol–water partition coefficient (Wildman–Crippen LogP) is 4.14. The Kier molecular flexibility index (Phi) is 5.28. The normalized spacial score (nSPS) is 19.8. The zero-order valence-corrected chi connectivity index (χ0v) is 15.6. The van der Waals surface area contributed by atoms with E-state index in [1.165, 1.54) is 23.8 Å². The Hall–Kier alpha value is -2.89. The number of benzene rings is 2. The zero-order chi connectivity index (χ0) is 19.5. The molecule has 5 nitrogen and oxygen atoms in total.